The Kier molecular flexibility index (Phi) is 2.63. The van der Waals surface area contributed by atoms with Crippen LogP contribution in [0.4, 0.5) is 5.69 Å². The maximum atomic E-state index is 5.48. The molecule has 78 valence electrons. The standard InChI is InChI=1S/C11H12BrN3/c1-6-3-4-8-9(15-13)5-7(2)14-11(8)10(6)12/h3-5H,13H2,1-2H3,(H,14,15). The highest BCUT2D eigenvalue weighted by Crippen LogP contribution is 2.30. The molecule has 0 aliphatic heterocycles. The van der Waals surface area contributed by atoms with Crippen molar-refractivity contribution in [2.45, 2.75) is 13.8 Å². The molecule has 3 N–H and O–H groups in total. The van der Waals surface area contributed by atoms with Gasteiger partial charge < -0.3 is 5.43 Å². The predicted molar refractivity (Wildman–Crippen MR) is 66.7 cm³/mol. The topological polar surface area (TPSA) is 50.9 Å². The third kappa shape index (κ3) is 1.70. The van der Waals surface area contributed by atoms with Crippen LogP contribution in [0.3, 0.4) is 0 Å². The van der Waals surface area contributed by atoms with Gasteiger partial charge in [0.25, 0.3) is 0 Å². The van der Waals surface area contributed by atoms with E-state index in [-0.39, 0.29) is 0 Å². The summed E-state index contributed by atoms with van der Waals surface area (Å²) in [6.45, 7) is 4.00. The first-order chi connectivity index (χ1) is 7.13. The molecule has 0 amide bonds. The zero-order valence-electron chi connectivity index (χ0n) is 8.63. The van der Waals surface area contributed by atoms with E-state index in [9.17, 15) is 0 Å². The zero-order valence-corrected chi connectivity index (χ0v) is 10.2. The van der Waals surface area contributed by atoms with Gasteiger partial charge in [-0.3, -0.25) is 10.8 Å². The van der Waals surface area contributed by atoms with Crippen LogP contribution in [0.2, 0.25) is 0 Å². The highest BCUT2D eigenvalue weighted by atomic mass is 79.9. The number of pyridine rings is 1. The van der Waals surface area contributed by atoms with Crippen LogP contribution < -0.4 is 11.3 Å². The lowest BCUT2D eigenvalue weighted by molar-refractivity contribution is 1.23. The molecule has 1 aromatic carbocycles. The molecule has 1 aromatic heterocycles. The maximum Gasteiger partial charge on any atom is 0.0871 e. The number of hydrogen-bond acceptors (Lipinski definition) is 3. The van der Waals surface area contributed by atoms with Gasteiger partial charge in [-0.15, -0.1) is 0 Å². The number of halogens is 1. The average molecular weight is 266 g/mol. The Morgan fingerprint density at radius 1 is 1.33 bits per heavy atom. The van der Waals surface area contributed by atoms with Crippen molar-refractivity contribution in [3.05, 3.63) is 33.9 Å². The lowest BCUT2D eigenvalue weighted by Crippen LogP contribution is -2.08. The Labute approximate surface area is 96.8 Å². The summed E-state index contributed by atoms with van der Waals surface area (Å²) in [6.07, 6.45) is 0. The van der Waals surface area contributed by atoms with Gasteiger partial charge in [0.15, 0.2) is 0 Å². The summed E-state index contributed by atoms with van der Waals surface area (Å²) in [4.78, 5) is 4.50. The van der Waals surface area contributed by atoms with Crippen molar-refractivity contribution in [1.82, 2.24) is 4.98 Å². The fraction of sp³-hybridized carbons (Fsp3) is 0.182. The van der Waals surface area contributed by atoms with Gasteiger partial charge in [-0.1, -0.05) is 12.1 Å². The average Bonchev–Trinajstić information content (AvgIpc) is 2.23. The number of nitrogens with zero attached hydrogens (tertiary/aromatic N) is 1. The molecular formula is C11H12BrN3. The fourth-order valence-electron chi connectivity index (χ4n) is 1.61. The van der Waals surface area contributed by atoms with E-state index in [2.05, 4.69) is 26.3 Å². The van der Waals surface area contributed by atoms with E-state index < -0.39 is 0 Å². The van der Waals surface area contributed by atoms with Crippen molar-refractivity contribution in [3.8, 4) is 0 Å². The van der Waals surface area contributed by atoms with Gasteiger partial charge >= 0.3 is 0 Å². The van der Waals surface area contributed by atoms with Crippen LogP contribution in [0.5, 0.6) is 0 Å². The Balaban J connectivity index is 2.89. The highest BCUT2D eigenvalue weighted by molar-refractivity contribution is 9.10. The van der Waals surface area contributed by atoms with E-state index in [1.54, 1.807) is 0 Å². The molecule has 0 aliphatic rings. The van der Waals surface area contributed by atoms with Crippen LogP contribution in [-0.2, 0) is 0 Å². The molecule has 1 heterocycles. The summed E-state index contributed by atoms with van der Waals surface area (Å²) in [5.41, 5.74) is 6.66. The molecule has 0 saturated heterocycles. The number of nitrogens with two attached hydrogens (primary N) is 1. The number of hydrogen-bond donors (Lipinski definition) is 2. The first kappa shape index (κ1) is 10.4. The van der Waals surface area contributed by atoms with E-state index in [0.717, 1.165) is 26.8 Å². The minimum atomic E-state index is 0.901. The monoisotopic (exact) mass is 265 g/mol. The van der Waals surface area contributed by atoms with E-state index in [1.807, 2.05) is 32.0 Å². The van der Waals surface area contributed by atoms with Crippen molar-refractivity contribution in [2.75, 3.05) is 5.43 Å². The number of hydrazine groups is 1. The van der Waals surface area contributed by atoms with Crippen LogP contribution in [0, 0.1) is 13.8 Å². The van der Waals surface area contributed by atoms with Gasteiger partial charge in [0.2, 0.25) is 0 Å². The Morgan fingerprint density at radius 3 is 2.73 bits per heavy atom. The summed E-state index contributed by atoms with van der Waals surface area (Å²) >= 11 is 3.55. The van der Waals surface area contributed by atoms with Crippen LogP contribution in [0.1, 0.15) is 11.3 Å². The molecule has 2 rings (SSSR count). The lowest BCUT2D eigenvalue weighted by Gasteiger charge is -2.09. The van der Waals surface area contributed by atoms with Gasteiger partial charge in [-0.05, 0) is 41.4 Å². The second-order valence-electron chi connectivity index (χ2n) is 3.55. The number of fused-ring (bicyclic) bond motifs is 1. The number of aromatic nitrogens is 1. The summed E-state index contributed by atoms with van der Waals surface area (Å²) < 4.78 is 1.03. The number of nitrogen functional groups attached to an aromatic ring is 1. The summed E-state index contributed by atoms with van der Waals surface area (Å²) in [5.74, 6) is 5.48. The third-order valence-electron chi connectivity index (χ3n) is 2.40. The molecule has 0 aliphatic carbocycles. The number of rotatable bonds is 1. The SMILES string of the molecule is Cc1cc(NN)c2ccc(C)c(Br)c2n1. The molecular weight excluding hydrogens is 254 g/mol. The first-order valence-corrected chi connectivity index (χ1v) is 5.46. The van der Waals surface area contributed by atoms with Crippen LogP contribution in [0.15, 0.2) is 22.7 Å². The zero-order chi connectivity index (χ0) is 11.0. The number of anilines is 1. The van der Waals surface area contributed by atoms with Crippen LogP contribution in [-0.4, -0.2) is 4.98 Å². The molecule has 0 saturated carbocycles. The van der Waals surface area contributed by atoms with Crippen LogP contribution in [0.25, 0.3) is 10.9 Å². The Morgan fingerprint density at radius 2 is 2.07 bits per heavy atom. The Bertz CT molecular complexity index is 523. The molecule has 3 nitrogen and oxygen atoms in total. The van der Waals surface area contributed by atoms with Crippen molar-refractivity contribution in [1.29, 1.82) is 0 Å². The van der Waals surface area contributed by atoms with E-state index in [0.29, 0.717) is 0 Å². The van der Waals surface area contributed by atoms with Crippen molar-refractivity contribution < 1.29 is 0 Å². The normalized spacial score (nSPS) is 10.7. The molecule has 0 fully saturated rings. The quantitative estimate of drug-likeness (QED) is 0.616. The van der Waals surface area contributed by atoms with Crippen molar-refractivity contribution in [2.24, 2.45) is 5.84 Å². The second-order valence-corrected chi connectivity index (χ2v) is 4.34. The van der Waals surface area contributed by atoms with E-state index in [1.165, 1.54) is 5.56 Å². The molecule has 0 unspecified atom stereocenters. The molecule has 0 atom stereocenters. The number of aryl methyl sites for hydroxylation is 2. The molecule has 4 heteroatoms. The molecule has 0 bridgehead atoms. The second kappa shape index (κ2) is 3.79. The molecule has 15 heavy (non-hydrogen) atoms. The van der Waals surface area contributed by atoms with Gasteiger partial charge in [0, 0.05) is 15.6 Å². The minimum absolute atomic E-state index is 0.901. The van der Waals surface area contributed by atoms with Gasteiger partial charge in [-0.25, -0.2) is 0 Å². The highest BCUT2D eigenvalue weighted by Gasteiger charge is 2.07. The van der Waals surface area contributed by atoms with E-state index in [4.69, 9.17) is 5.84 Å². The molecule has 0 spiro atoms. The Hall–Kier alpha value is -1.13. The van der Waals surface area contributed by atoms with Crippen molar-refractivity contribution >= 4 is 32.5 Å². The van der Waals surface area contributed by atoms with Crippen molar-refractivity contribution in [3.63, 3.8) is 0 Å². The van der Waals surface area contributed by atoms with Gasteiger partial charge in [0.1, 0.15) is 0 Å². The number of nitrogens with one attached hydrogen (secondary N) is 1. The minimum Gasteiger partial charge on any atom is -0.323 e. The third-order valence-corrected chi connectivity index (χ3v) is 3.40. The lowest BCUT2D eigenvalue weighted by atomic mass is 10.1. The smallest absolute Gasteiger partial charge is 0.0871 e. The van der Waals surface area contributed by atoms with E-state index >= 15 is 0 Å². The van der Waals surface area contributed by atoms with Crippen LogP contribution >= 0.6 is 15.9 Å². The summed E-state index contributed by atoms with van der Waals surface area (Å²) in [7, 11) is 0. The largest absolute Gasteiger partial charge is 0.323 e. The summed E-state index contributed by atoms with van der Waals surface area (Å²) in [6, 6.07) is 6.01. The maximum absolute atomic E-state index is 5.48. The predicted octanol–water partition coefficient (Wildman–Crippen LogP) is 2.90. The molecule has 2 aromatic rings. The summed E-state index contributed by atoms with van der Waals surface area (Å²) in [5, 5.41) is 1.03. The van der Waals surface area contributed by atoms with Gasteiger partial charge in [-0.2, -0.15) is 0 Å². The fourth-order valence-corrected chi connectivity index (χ4v) is 2.04. The van der Waals surface area contributed by atoms with Gasteiger partial charge in [0.05, 0.1) is 11.2 Å². The molecule has 0 radical (unpaired) electrons. The first-order valence-electron chi connectivity index (χ1n) is 4.66. The number of benzene rings is 1.